The van der Waals surface area contributed by atoms with Gasteiger partial charge in [0.05, 0.1) is 26.1 Å². The van der Waals surface area contributed by atoms with Crippen molar-refractivity contribution in [2.45, 2.75) is 0 Å². The van der Waals surface area contributed by atoms with E-state index >= 15 is 0 Å². The molecule has 0 aromatic heterocycles. The van der Waals surface area contributed by atoms with E-state index in [4.69, 9.17) is 9.47 Å². The van der Waals surface area contributed by atoms with Gasteiger partial charge < -0.3 is 9.47 Å². The number of ether oxygens (including phenoxy) is 2. The van der Waals surface area contributed by atoms with Crippen molar-refractivity contribution < 1.29 is 9.47 Å². The summed E-state index contributed by atoms with van der Waals surface area (Å²) in [5.74, 6) is 0.619. The van der Waals surface area contributed by atoms with Gasteiger partial charge in [-0.25, -0.2) is 0 Å². The van der Waals surface area contributed by atoms with Gasteiger partial charge in [0.15, 0.2) is 0 Å². The fourth-order valence-corrected chi connectivity index (χ4v) is 0.585. The molecule has 0 bridgehead atoms. The first kappa shape index (κ1) is 5.63. The summed E-state index contributed by atoms with van der Waals surface area (Å²) in [7, 11) is 0. The van der Waals surface area contributed by atoms with Crippen LogP contribution >= 0.6 is 0 Å². The van der Waals surface area contributed by atoms with Crippen LogP contribution in [0.15, 0.2) is 12.8 Å². The Bertz CT molecular complexity index is 76.6. The average molecular weight is 114 g/mol. The minimum atomic E-state index is 0.619. The van der Waals surface area contributed by atoms with E-state index in [1.54, 1.807) is 0 Å². The largest absolute Gasteiger partial charge is 0.501 e. The number of hydrogen-bond donors (Lipinski definition) is 0. The first-order chi connectivity index (χ1) is 3.93. The first-order valence-electron chi connectivity index (χ1n) is 2.73. The molecule has 8 heavy (non-hydrogen) atoms. The van der Waals surface area contributed by atoms with E-state index in [-0.39, 0.29) is 0 Å². The Balaban J connectivity index is 1.93. The third-order valence-electron chi connectivity index (χ3n) is 1.16. The molecule has 0 atom stereocenters. The van der Waals surface area contributed by atoms with Gasteiger partial charge in [-0.15, -0.1) is 0 Å². The molecule has 0 aliphatic carbocycles. The zero-order chi connectivity index (χ0) is 5.82. The van der Waals surface area contributed by atoms with Crippen molar-refractivity contribution in [2.24, 2.45) is 5.92 Å². The zero-order valence-corrected chi connectivity index (χ0v) is 4.80. The van der Waals surface area contributed by atoms with E-state index in [1.165, 1.54) is 6.26 Å². The standard InChI is InChI=1S/C6H10O2/c1-2-7-3-6-4-8-5-6/h2,6H,1,3-5H2. The van der Waals surface area contributed by atoms with Crippen LogP contribution in [0.4, 0.5) is 0 Å². The minimum Gasteiger partial charge on any atom is -0.501 e. The maximum atomic E-state index is 4.92. The van der Waals surface area contributed by atoms with Crippen LogP contribution in [-0.2, 0) is 9.47 Å². The van der Waals surface area contributed by atoms with Crippen LogP contribution in [0.2, 0.25) is 0 Å². The smallest absolute Gasteiger partial charge is 0.0945 e. The molecule has 1 fully saturated rings. The molecule has 2 nitrogen and oxygen atoms in total. The van der Waals surface area contributed by atoms with Crippen molar-refractivity contribution >= 4 is 0 Å². The second kappa shape index (κ2) is 2.72. The summed E-state index contributed by atoms with van der Waals surface area (Å²) in [6.45, 7) is 5.91. The Morgan fingerprint density at radius 2 is 2.50 bits per heavy atom. The van der Waals surface area contributed by atoms with Gasteiger partial charge in [-0.1, -0.05) is 6.58 Å². The van der Waals surface area contributed by atoms with Gasteiger partial charge >= 0.3 is 0 Å². The van der Waals surface area contributed by atoms with Gasteiger partial charge in [-0.2, -0.15) is 0 Å². The highest BCUT2D eigenvalue weighted by atomic mass is 16.5. The quantitative estimate of drug-likeness (QED) is 0.505. The summed E-state index contributed by atoms with van der Waals surface area (Å²) in [6.07, 6.45) is 1.47. The van der Waals surface area contributed by atoms with Crippen molar-refractivity contribution in [3.8, 4) is 0 Å². The Labute approximate surface area is 49.1 Å². The normalized spacial score (nSPS) is 19.5. The van der Waals surface area contributed by atoms with Gasteiger partial charge in [0, 0.05) is 5.92 Å². The molecule has 1 rings (SSSR count). The lowest BCUT2D eigenvalue weighted by Gasteiger charge is -2.24. The number of rotatable bonds is 3. The van der Waals surface area contributed by atoms with Gasteiger partial charge in [0.2, 0.25) is 0 Å². The second-order valence-corrected chi connectivity index (χ2v) is 1.90. The molecular weight excluding hydrogens is 104 g/mol. The van der Waals surface area contributed by atoms with Crippen LogP contribution in [0.5, 0.6) is 0 Å². The highest BCUT2D eigenvalue weighted by Crippen LogP contribution is 2.09. The molecule has 0 N–H and O–H groups in total. The van der Waals surface area contributed by atoms with E-state index in [0.717, 1.165) is 19.8 Å². The summed E-state index contributed by atoms with van der Waals surface area (Å²) in [4.78, 5) is 0. The Hall–Kier alpha value is -0.500. The molecule has 0 radical (unpaired) electrons. The molecule has 1 aliphatic rings. The average Bonchev–Trinajstić information content (AvgIpc) is 1.63. The molecule has 0 aromatic rings. The first-order valence-corrected chi connectivity index (χ1v) is 2.73. The van der Waals surface area contributed by atoms with Crippen molar-refractivity contribution in [1.29, 1.82) is 0 Å². The molecule has 46 valence electrons. The number of hydrogen-bond acceptors (Lipinski definition) is 2. The lowest BCUT2D eigenvalue weighted by atomic mass is 10.1. The molecular formula is C6H10O2. The molecule has 0 amide bonds. The molecule has 2 heteroatoms. The topological polar surface area (TPSA) is 18.5 Å². The van der Waals surface area contributed by atoms with Gasteiger partial charge in [-0.05, 0) is 0 Å². The van der Waals surface area contributed by atoms with Gasteiger partial charge in [0.1, 0.15) is 0 Å². The summed E-state index contributed by atoms with van der Waals surface area (Å²) in [5.41, 5.74) is 0. The Morgan fingerprint density at radius 3 is 2.88 bits per heavy atom. The van der Waals surface area contributed by atoms with Crippen molar-refractivity contribution in [3.05, 3.63) is 12.8 Å². The van der Waals surface area contributed by atoms with Crippen LogP contribution in [-0.4, -0.2) is 19.8 Å². The van der Waals surface area contributed by atoms with Crippen LogP contribution in [0.1, 0.15) is 0 Å². The van der Waals surface area contributed by atoms with E-state index in [9.17, 15) is 0 Å². The molecule has 0 aromatic carbocycles. The van der Waals surface area contributed by atoms with E-state index in [0.29, 0.717) is 5.92 Å². The third kappa shape index (κ3) is 1.23. The van der Waals surface area contributed by atoms with Crippen LogP contribution < -0.4 is 0 Å². The van der Waals surface area contributed by atoms with Gasteiger partial charge in [-0.3, -0.25) is 0 Å². The molecule has 1 saturated heterocycles. The van der Waals surface area contributed by atoms with Crippen LogP contribution in [0.25, 0.3) is 0 Å². The van der Waals surface area contributed by atoms with Crippen LogP contribution in [0.3, 0.4) is 0 Å². The summed E-state index contributed by atoms with van der Waals surface area (Å²) < 4.78 is 9.84. The van der Waals surface area contributed by atoms with Crippen molar-refractivity contribution in [2.75, 3.05) is 19.8 Å². The molecule has 0 unspecified atom stereocenters. The van der Waals surface area contributed by atoms with E-state index in [1.807, 2.05) is 0 Å². The maximum Gasteiger partial charge on any atom is 0.0945 e. The fourth-order valence-electron chi connectivity index (χ4n) is 0.585. The molecule has 1 aliphatic heterocycles. The van der Waals surface area contributed by atoms with Crippen molar-refractivity contribution in [3.63, 3.8) is 0 Å². The summed E-state index contributed by atoms with van der Waals surface area (Å²) in [6, 6.07) is 0. The predicted molar refractivity (Wildman–Crippen MR) is 30.5 cm³/mol. The fraction of sp³-hybridized carbons (Fsp3) is 0.667. The third-order valence-corrected chi connectivity index (χ3v) is 1.16. The second-order valence-electron chi connectivity index (χ2n) is 1.90. The highest BCUT2D eigenvalue weighted by Gasteiger charge is 2.17. The SMILES string of the molecule is C=COCC1COC1. The summed E-state index contributed by atoms with van der Waals surface area (Å²) in [5, 5.41) is 0. The lowest BCUT2D eigenvalue weighted by molar-refractivity contribution is -0.0577. The van der Waals surface area contributed by atoms with E-state index in [2.05, 4.69) is 6.58 Å². The summed E-state index contributed by atoms with van der Waals surface area (Å²) >= 11 is 0. The minimum absolute atomic E-state index is 0.619. The molecule has 1 heterocycles. The van der Waals surface area contributed by atoms with Crippen molar-refractivity contribution in [1.82, 2.24) is 0 Å². The Morgan fingerprint density at radius 1 is 1.75 bits per heavy atom. The molecule has 0 saturated carbocycles. The predicted octanol–water partition coefficient (Wildman–Crippen LogP) is 0.793. The highest BCUT2D eigenvalue weighted by molar-refractivity contribution is 4.65. The van der Waals surface area contributed by atoms with E-state index < -0.39 is 0 Å². The monoisotopic (exact) mass is 114 g/mol. The Kier molecular flexibility index (Phi) is 1.92. The maximum absolute atomic E-state index is 4.92. The molecule has 0 spiro atoms. The zero-order valence-electron chi connectivity index (χ0n) is 4.80. The lowest BCUT2D eigenvalue weighted by Crippen LogP contribution is -2.30. The van der Waals surface area contributed by atoms with Gasteiger partial charge in [0.25, 0.3) is 0 Å². The van der Waals surface area contributed by atoms with Crippen LogP contribution in [0, 0.1) is 5.92 Å².